The third-order valence-electron chi connectivity index (χ3n) is 9.79. The number of hydrogen-bond acceptors (Lipinski definition) is 6. The van der Waals surface area contributed by atoms with Gasteiger partial charge in [0.1, 0.15) is 13.2 Å². The van der Waals surface area contributed by atoms with Crippen LogP contribution in [0, 0.1) is 0 Å². The van der Waals surface area contributed by atoms with Gasteiger partial charge in [0, 0.05) is 19.3 Å². The van der Waals surface area contributed by atoms with Crippen LogP contribution in [-0.2, 0) is 28.6 Å². The summed E-state index contributed by atoms with van der Waals surface area (Å²) < 4.78 is 16.7. The normalized spacial score (nSPS) is 12.9. The predicted molar refractivity (Wildman–Crippen MR) is 256 cm³/mol. The summed E-state index contributed by atoms with van der Waals surface area (Å²) in [4.78, 5) is 37.8. The van der Waals surface area contributed by atoms with Crippen LogP contribution in [0.15, 0.2) is 97.2 Å². The second-order valence-electron chi connectivity index (χ2n) is 15.6. The van der Waals surface area contributed by atoms with E-state index in [9.17, 15) is 14.4 Å². The van der Waals surface area contributed by atoms with Gasteiger partial charge in [-0.05, 0) is 109 Å². The number of carbonyl (C=O) groups excluding carboxylic acids is 3. The van der Waals surface area contributed by atoms with Gasteiger partial charge in [-0.2, -0.15) is 0 Å². The van der Waals surface area contributed by atoms with E-state index < -0.39 is 6.10 Å². The molecule has 0 aromatic heterocycles. The lowest BCUT2D eigenvalue weighted by Crippen LogP contribution is -2.30. The molecule has 0 saturated heterocycles. The van der Waals surface area contributed by atoms with Crippen molar-refractivity contribution in [3.63, 3.8) is 0 Å². The number of rotatable bonds is 42. The highest BCUT2D eigenvalue weighted by Crippen LogP contribution is 2.12. The highest BCUT2D eigenvalue weighted by atomic mass is 16.6. The molecule has 6 nitrogen and oxygen atoms in total. The lowest BCUT2D eigenvalue weighted by molar-refractivity contribution is -0.167. The van der Waals surface area contributed by atoms with Gasteiger partial charge in [-0.15, -0.1) is 0 Å². The molecule has 0 spiro atoms. The van der Waals surface area contributed by atoms with E-state index >= 15 is 0 Å². The molecule has 340 valence electrons. The van der Waals surface area contributed by atoms with Crippen molar-refractivity contribution in [3.8, 4) is 0 Å². The molecule has 6 heteroatoms. The number of ether oxygens (including phenoxy) is 3. The van der Waals surface area contributed by atoms with Gasteiger partial charge >= 0.3 is 17.9 Å². The van der Waals surface area contributed by atoms with Gasteiger partial charge in [-0.25, -0.2) is 0 Å². The summed E-state index contributed by atoms with van der Waals surface area (Å²) in [6, 6.07) is 0. The molecular weight excluding hydrogens is 745 g/mol. The maximum atomic E-state index is 12.7. The zero-order chi connectivity index (χ0) is 43.7. The second-order valence-corrected chi connectivity index (χ2v) is 15.6. The van der Waals surface area contributed by atoms with Crippen molar-refractivity contribution < 1.29 is 28.6 Å². The Kier molecular flexibility index (Phi) is 45.1. The van der Waals surface area contributed by atoms with Gasteiger partial charge in [0.15, 0.2) is 6.10 Å². The average Bonchev–Trinajstić information content (AvgIpc) is 3.24. The number of unbranched alkanes of at least 4 members (excludes halogenated alkanes) is 15. The Labute approximate surface area is 368 Å². The molecule has 0 aliphatic carbocycles. The standard InChI is InChI=1S/C54H88O6/c1-4-7-10-13-16-19-22-24-26-27-28-30-32-35-38-41-44-47-53(56)59-50-51(49-58-52(55)46-43-40-37-34-31-21-18-15-12-9-6-3)60-54(57)48-45-42-39-36-33-29-25-23-20-17-14-11-8-5-2/h8,11,15-20,24-26,28-30,35,38,51H,4-7,9-10,12-14,21-23,27,31-34,36-37,39-50H2,1-3H3/b11-8-,18-15-,19-16-,20-17-,26-24-,29-25-,30-28-,38-35-. The van der Waals surface area contributed by atoms with E-state index in [4.69, 9.17) is 14.2 Å². The van der Waals surface area contributed by atoms with Crippen LogP contribution in [0.4, 0.5) is 0 Å². The SMILES string of the molecule is CC/C=C\C/C=C\C/C=C\CCCCCCC(=O)OC(COC(=O)CCC/C=C\C/C=C\C/C=C\C/C=C\CCCCC)COC(=O)CCCCCCC/C=C\CCCC. The quantitative estimate of drug-likeness (QED) is 0.0264. The highest BCUT2D eigenvalue weighted by Gasteiger charge is 2.19. The molecule has 1 unspecified atom stereocenters. The molecule has 0 aromatic carbocycles. The van der Waals surface area contributed by atoms with Gasteiger partial charge in [0.2, 0.25) is 0 Å². The van der Waals surface area contributed by atoms with Crippen molar-refractivity contribution in [1.29, 1.82) is 0 Å². The summed E-state index contributed by atoms with van der Waals surface area (Å²) in [6.07, 6.45) is 62.5. The minimum Gasteiger partial charge on any atom is -0.462 e. The van der Waals surface area contributed by atoms with E-state index in [-0.39, 0.29) is 44.0 Å². The van der Waals surface area contributed by atoms with Crippen LogP contribution in [-0.4, -0.2) is 37.2 Å². The highest BCUT2D eigenvalue weighted by molar-refractivity contribution is 5.71. The minimum absolute atomic E-state index is 0.110. The molecule has 0 radical (unpaired) electrons. The summed E-state index contributed by atoms with van der Waals surface area (Å²) in [6.45, 7) is 6.36. The average molecular weight is 833 g/mol. The maximum absolute atomic E-state index is 12.7. The molecule has 0 amide bonds. The molecule has 0 heterocycles. The Hall–Kier alpha value is -3.67. The largest absolute Gasteiger partial charge is 0.462 e. The van der Waals surface area contributed by atoms with E-state index in [1.165, 1.54) is 51.4 Å². The van der Waals surface area contributed by atoms with Crippen molar-refractivity contribution in [3.05, 3.63) is 97.2 Å². The fourth-order valence-electron chi connectivity index (χ4n) is 6.13. The molecule has 60 heavy (non-hydrogen) atoms. The van der Waals surface area contributed by atoms with Crippen LogP contribution in [0.1, 0.15) is 207 Å². The molecule has 0 bridgehead atoms. The lowest BCUT2D eigenvalue weighted by atomic mass is 10.1. The molecule has 0 N–H and O–H groups in total. The predicted octanol–water partition coefficient (Wildman–Crippen LogP) is 15.8. The fourth-order valence-corrected chi connectivity index (χ4v) is 6.13. The van der Waals surface area contributed by atoms with Crippen molar-refractivity contribution in [1.82, 2.24) is 0 Å². The van der Waals surface area contributed by atoms with Crippen molar-refractivity contribution in [2.45, 2.75) is 213 Å². The number of hydrogen-bond donors (Lipinski definition) is 0. The molecule has 0 aliphatic heterocycles. The van der Waals surface area contributed by atoms with Crippen LogP contribution in [0.5, 0.6) is 0 Å². The van der Waals surface area contributed by atoms with Gasteiger partial charge in [-0.3, -0.25) is 14.4 Å². The first kappa shape index (κ1) is 56.3. The monoisotopic (exact) mass is 833 g/mol. The molecule has 0 saturated carbocycles. The first-order chi connectivity index (χ1) is 29.5. The van der Waals surface area contributed by atoms with Crippen molar-refractivity contribution in [2.75, 3.05) is 13.2 Å². The lowest BCUT2D eigenvalue weighted by Gasteiger charge is -2.18. The molecule has 0 aromatic rings. The Morgan fingerprint density at radius 2 is 0.683 bits per heavy atom. The first-order valence-corrected chi connectivity index (χ1v) is 24.2. The third-order valence-corrected chi connectivity index (χ3v) is 9.79. The van der Waals surface area contributed by atoms with E-state index in [0.29, 0.717) is 12.8 Å². The Bertz CT molecular complexity index is 1230. The number of carbonyl (C=O) groups is 3. The van der Waals surface area contributed by atoms with E-state index in [0.717, 1.165) is 109 Å². The van der Waals surface area contributed by atoms with Crippen molar-refractivity contribution >= 4 is 17.9 Å². The first-order valence-electron chi connectivity index (χ1n) is 24.2. The zero-order valence-corrected chi connectivity index (χ0v) is 38.7. The summed E-state index contributed by atoms with van der Waals surface area (Å²) >= 11 is 0. The zero-order valence-electron chi connectivity index (χ0n) is 38.7. The minimum atomic E-state index is -0.814. The fraction of sp³-hybridized carbons (Fsp3) is 0.648. The van der Waals surface area contributed by atoms with Crippen LogP contribution in [0.25, 0.3) is 0 Å². The van der Waals surface area contributed by atoms with Gasteiger partial charge < -0.3 is 14.2 Å². The smallest absolute Gasteiger partial charge is 0.306 e. The molecule has 0 fully saturated rings. The maximum Gasteiger partial charge on any atom is 0.306 e. The second kappa shape index (κ2) is 48.0. The van der Waals surface area contributed by atoms with Gasteiger partial charge in [0.05, 0.1) is 0 Å². The Morgan fingerprint density at radius 1 is 0.350 bits per heavy atom. The van der Waals surface area contributed by atoms with Gasteiger partial charge in [-0.1, -0.05) is 176 Å². The molecular formula is C54H88O6. The van der Waals surface area contributed by atoms with Crippen LogP contribution in [0.2, 0.25) is 0 Å². The van der Waals surface area contributed by atoms with Crippen LogP contribution < -0.4 is 0 Å². The molecule has 0 aliphatic rings. The Morgan fingerprint density at radius 3 is 1.15 bits per heavy atom. The van der Waals surface area contributed by atoms with Crippen LogP contribution >= 0.6 is 0 Å². The number of esters is 3. The van der Waals surface area contributed by atoms with E-state index in [1.54, 1.807) is 0 Å². The summed E-state index contributed by atoms with van der Waals surface area (Å²) in [5, 5.41) is 0. The molecule has 0 rings (SSSR count). The summed E-state index contributed by atoms with van der Waals surface area (Å²) in [7, 11) is 0. The summed E-state index contributed by atoms with van der Waals surface area (Å²) in [5.41, 5.74) is 0. The van der Waals surface area contributed by atoms with Crippen molar-refractivity contribution in [2.24, 2.45) is 0 Å². The van der Waals surface area contributed by atoms with Crippen LogP contribution in [0.3, 0.4) is 0 Å². The van der Waals surface area contributed by atoms with E-state index in [2.05, 4.69) is 118 Å². The third kappa shape index (κ3) is 45.4. The number of allylic oxidation sites excluding steroid dienone is 16. The molecule has 1 atom stereocenters. The Balaban J connectivity index is 4.53. The van der Waals surface area contributed by atoms with Gasteiger partial charge in [0.25, 0.3) is 0 Å². The topological polar surface area (TPSA) is 78.9 Å². The summed E-state index contributed by atoms with van der Waals surface area (Å²) in [5.74, 6) is -1.01. The van der Waals surface area contributed by atoms with E-state index in [1.807, 2.05) is 0 Å².